The molecule has 0 saturated heterocycles. The van der Waals surface area contributed by atoms with Crippen molar-refractivity contribution in [2.24, 2.45) is 4.99 Å². The number of nitrogens with zero attached hydrogens (tertiary/aromatic N) is 4. The maximum atomic E-state index is 12.3. The number of aliphatic imine (C=N–C) groups is 1. The van der Waals surface area contributed by atoms with Crippen molar-refractivity contribution in [1.29, 1.82) is 0 Å². The van der Waals surface area contributed by atoms with E-state index in [0.29, 0.717) is 23.5 Å². The van der Waals surface area contributed by atoms with Crippen molar-refractivity contribution in [1.82, 2.24) is 9.97 Å². The molecule has 0 N–H and O–H groups in total. The molecule has 0 radical (unpaired) electrons. The number of benzene rings is 2. The summed E-state index contributed by atoms with van der Waals surface area (Å²) in [6.07, 6.45) is 0.249. The molecule has 2 aromatic carbocycles. The molecule has 0 saturated carbocycles. The molecule has 0 unspecified atom stereocenters. The molecule has 0 amide bonds. The third-order valence-corrected chi connectivity index (χ3v) is 5.13. The molecule has 0 fully saturated rings. The molecule has 8 heteroatoms. The van der Waals surface area contributed by atoms with Crippen LogP contribution in [0.15, 0.2) is 66.3 Å². The van der Waals surface area contributed by atoms with Gasteiger partial charge in [-0.25, -0.2) is 9.97 Å². The number of aromatic nitrogens is 2. The minimum atomic E-state index is -4.73. The quantitative estimate of drug-likeness (QED) is 0.350. The summed E-state index contributed by atoms with van der Waals surface area (Å²) in [5.41, 5.74) is 5.11. The lowest BCUT2D eigenvalue weighted by molar-refractivity contribution is -0.274. The number of ether oxygens (including phenoxy) is 1. The summed E-state index contributed by atoms with van der Waals surface area (Å²) in [7, 11) is 2.08. The third kappa shape index (κ3) is 7.16. The molecule has 3 aromatic rings. The maximum Gasteiger partial charge on any atom is 0.573 e. The van der Waals surface area contributed by atoms with Crippen LogP contribution in [0.25, 0.3) is 5.70 Å². The second kappa shape index (κ2) is 11.0. The van der Waals surface area contributed by atoms with E-state index in [2.05, 4.69) is 63.3 Å². The van der Waals surface area contributed by atoms with E-state index in [4.69, 9.17) is 0 Å². The maximum absolute atomic E-state index is 12.3. The van der Waals surface area contributed by atoms with Gasteiger partial charge in [-0.15, -0.1) is 13.2 Å². The molecule has 0 aliphatic rings. The Bertz CT molecular complexity index is 1160. The van der Waals surface area contributed by atoms with E-state index in [1.807, 2.05) is 13.0 Å². The fourth-order valence-electron chi connectivity index (χ4n) is 3.35. The molecule has 0 aliphatic carbocycles. The normalized spacial score (nSPS) is 11.6. The highest BCUT2D eigenvalue weighted by atomic mass is 19.4. The second-order valence-corrected chi connectivity index (χ2v) is 7.90. The predicted molar refractivity (Wildman–Crippen MR) is 129 cm³/mol. The third-order valence-electron chi connectivity index (χ3n) is 5.13. The van der Waals surface area contributed by atoms with Crippen LogP contribution in [-0.4, -0.2) is 36.1 Å². The lowest BCUT2D eigenvalue weighted by Crippen LogP contribution is -2.17. The van der Waals surface area contributed by atoms with Crippen molar-refractivity contribution < 1.29 is 17.9 Å². The number of halogens is 3. The minimum Gasteiger partial charge on any atom is -0.406 e. The summed E-state index contributed by atoms with van der Waals surface area (Å²) in [5.74, 6) is 0.127. The number of hydrogen-bond acceptors (Lipinski definition) is 5. The summed E-state index contributed by atoms with van der Waals surface area (Å²) in [4.78, 5) is 15.5. The van der Waals surface area contributed by atoms with Crippen LogP contribution in [0.2, 0.25) is 0 Å². The van der Waals surface area contributed by atoms with Crippen molar-refractivity contribution >= 4 is 17.6 Å². The fourth-order valence-corrected chi connectivity index (χ4v) is 3.35. The molecule has 178 valence electrons. The van der Waals surface area contributed by atoms with Crippen LogP contribution in [0.5, 0.6) is 5.75 Å². The van der Waals surface area contributed by atoms with Gasteiger partial charge in [-0.3, -0.25) is 4.99 Å². The van der Waals surface area contributed by atoms with Crippen molar-refractivity contribution in [3.05, 3.63) is 89.5 Å². The molecule has 0 bridgehead atoms. The van der Waals surface area contributed by atoms with Crippen LogP contribution < -0.4 is 9.64 Å². The zero-order valence-electron chi connectivity index (χ0n) is 19.4. The average Bonchev–Trinajstić information content (AvgIpc) is 2.79. The molecule has 5 nitrogen and oxygen atoms in total. The highest BCUT2D eigenvalue weighted by Crippen LogP contribution is 2.24. The van der Waals surface area contributed by atoms with Crippen molar-refractivity contribution in [2.45, 2.75) is 33.1 Å². The Kier molecular flexibility index (Phi) is 8.04. The monoisotopic (exact) mass is 468 g/mol. The van der Waals surface area contributed by atoms with Gasteiger partial charge in [0.2, 0.25) is 0 Å². The van der Waals surface area contributed by atoms with E-state index < -0.39 is 6.36 Å². The molecule has 0 spiro atoms. The molecule has 34 heavy (non-hydrogen) atoms. The summed E-state index contributed by atoms with van der Waals surface area (Å²) in [6.45, 7) is 8.97. The second-order valence-electron chi connectivity index (χ2n) is 7.90. The Labute approximate surface area is 197 Å². The standard InChI is InChI=1S/C26H27F3N4O/c1-5-13-33(4)22-8-6-7-20(14-22)15-24-18(2)16-31-25(32-24)17-30-19(3)21-9-11-23(12-10-21)34-26(27,28)29/h6-12,14,16-17H,3,5,13,15H2,1-2,4H3. The Morgan fingerprint density at radius 2 is 1.91 bits per heavy atom. The first-order chi connectivity index (χ1) is 16.1. The molecule has 0 aliphatic heterocycles. The largest absolute Gasteiger partial charge is 0.573 e. The molecule has 1 heterocycles. The summed E-state index contributed by atoms with van der Waals surface area (Å²) < 4.78 is 40.8. The predicted octanol–water partition coefficient (Wildman–Crippen LogP) is 6.21. The number of anilines is 1. The van der Waals surface area contributed by atoms with Gasteiger partial charge >= 0.3 is 6.36 Å². The van der Waals surface area contributed by atoms with Crippen LogP contribution in [0.1, 0.15) is 41.6 Å². The first-order valence-corrected chi connectivity index (χ1v) is 10.9. The van der Waals surface area contributed by atoms with Crippen LogP contribution in [0.3, 0.4) is 0 Å². The van der Waals surface area contributed by atoms with E-state index in [1.54, 1.807) is 6.20 Å². The lowest BCUT2D eigenvalue weighted by atomic mass is 10.1. The smallest absolute Gasteiger partial charge is 0.406 e. The first-order valence-electron chi connectivity index (χ1n) is 10.9. The van der Waals surface area contributed by atoms with E-state index in [-0.39, 0.29) is 5.75 Å². The van der Waals surface area contributed by atoms with Gasteiger partial charge in [0.1, 0.15) is 5.75 Å². The summed E-state index contributed by atoms with van der Waals surface area (Å²) in [6, 6.07) is 13.7. The van der Waals surface area contributed by atoms with Gasteiger partial charge in [-0.05, 0) is 66.4 Å². The number of hydrogen-bond donors (Lipinski definition) is 0. The summed E-state index contributed by atoms with van der Waals surface area (Å²) >= 11 is 0. The van der Waals surface area contributed by atoms with Crippen molar-refractivity contribution in [3.63, 3.8) is 0 Å². The van der Waals surface area contributed by atoms with E-state index in [9.17, 15) is 13.2 Å². The summed E-state index contributed by atoms with van der Waals surface area (Å²) in [5, 5.41) is 0. The van der Waals surface area contributed by atoms with Gasteiger partial charge in [0.15, 0.2) is 5.82 Å². The molecular weight excluding hydrogens is 441 g/mol. The van der Waals surface area contributed by atoms with Gasteiger partial charge in [0.05, 0.1) is 17.6 Å². The van der Waals surface area contributed by atoms with E-state index in [1.165, 1.54) is 30.5 Å². The van der Waals surface area contributed by atoms with E-state index >= 15 is 0 Å². The number of rotatable bonds is 9. The average molecular weight is 469 g/mol. The highest BCUT2D eigenvalue weighted by Gasteiger charge is 2.30. The first kappa shape index (κ1) is 25.0. The van der Waals surface area contributed by atoms with Crippen LogP contribution in [0.4, 0.5) is 18.9 Å². The SMILES string of the molecule is C=C(N=Cc1ncc(C)c(Cc2cccc(N(C)CCC)c2)n1)c1ccc(OC(F)(F)F)cc1. The lowest BCUT2D eigenvalue weighted by Gasteiger charge is -2.19. The van der Waals surface area contributed by atoms with Crippen molar-refractivity contribution in [2.75, 3.05) is 18.5 Å². The van der Waals surface area contributed by atoms with Crippen molar-refractivity contribution in [3.8, 4) is 5.75 Å². The molecule has 1 aromatic heterocycles. The fraction of sp³-hybridized carbons (Fsp3) is 0.269. The van der Waals surface area contributed by atoms with Gasteiger partial charge < -0.3 is 9.64 Å². The Morgan fingerprint density at radius 1 is 1.18 bits per heavy atom. The Morgan fingerprint density at radius 3 is 2.59 bits per heavy atom. The number of alkyl halides is 3. The topological polar surface area (TPSA) is 50.6 Å². The molecular formula is C26H27F3N4O. The Balaban J connectivity index is 1.71. The minimum absolute atomic E-state index is 0.301. The van der Waals surface area contributed by atoms with Crippen LogP contribution >= 0.6 is 0 Å². The van der Waals surface area contributed by atoms with Crippen LogP contribution in [-0.2, 0) is 6.42 Å². The van der Waals surface area contributed by atoms with Crippen LogP contribution in [0, 0.1) is 6.92 Å². The van der Waals surface area contributed by atoms with Gasteiger partial charge in [-0.1, -0.05) is 25.6 Å². The van der Waals surface area contributed by atoms with Gasteiger partial charge in [-0.2, -0.15) is 0 Å². The Hall–Kier alpha value is -3.68. The van der Waals surface area contributed by atoms with Gasteiger partial charge in [0.25, 0.3) is 0 Å². The number of aryl methyl sites for hydroxylation is 1. The highest BCUT2D eigenvalue weighted by molar-refractivity contribution is 5.81. The molecule has 3 rings (SSSR count). The zero-order chi connectivity index (χ0) is 24.7. The molecule has 0 atom stereocenters. The zero-order valence-corrected chi connectivity index (χ0v) is 19.4. The van der Waals surface area contributed by atoms with E-state index in [0.717, 1.165) is 35.5 Å². The van der Waals surface area contributed by atoms with Gasteiger partial charge in [0, 0.05) is 31.9 Å².